The Morgan fingerprint density at radius 2 is 1.79 bits per heavy atom. The number of aromatic nitrogens is 1. The molecule has 0 bridgehead atoms. The van der Waals surface area contributed by atoms with Gasteiger partial charge in [-0.1, -0.05) is 6.42 Å². The summed E-state index contributed by atoms with van der Waals surface area (Å²) < 4.78 is 2.08. The molecule has 0 amide bonds. The van der Waals surface area contributed by atoms with E-state index >= 15 is 0 Å². The molecule has 2 aliphatic heterocycles. The van der Waals surface area contributed by atoms with Crippen molar-refractivity contribution in [3.63, 3.8) is 0 Å². The molecule has 2 N–H and O–H groups in total. The molecule has 3 rings (SSSR count). The third-order valence-corrected chi connectivity index (χ3v) is 6.19. The number of aliphatic imine (C=N–C) groups is 1. The fourth-order valence-corrected chi connectivity index (χ4v) is 4.42. The molecule has 3 heterocycles. The molecular weight excluding hydrogens is 463 g/mol. The quantitative estimate of drug-likeness (QED) is 0.357. The van der Waals surface area contributed by atoms with Gasteiger partial charge in [-0.25, -0.2) is 4.99 Å². The first kappa shape index (κ1) is 23.5. The molecule has 2 saturated heterocycles. The van der Waals surface area contributed by atoms with Crippen LogP contribution in [0.5, 0.6) is 0 Å². The lowest BCUT2D eigenvalue weighted by Gasteiger charge is -2.50. The third-order valence-electron chi connectivity index (χ3n) is 6.19. The van der Waals surface area contributed by atoms with Gasteiger partial charge in [0, 0.05) is 38.1 Å². The van der Waals surface area contributed by atoms with E-state index in [1.165, 1.54) is 63.8 Å². The molecular formula is C21H39IN6. The van der Waals surface area contributed by atoms with E-state index in [2.05, 4.69) is 64.5 Å². The van der Waals surface area contributed by atoms with Gasteiger partial charge in [0.05, 0.1) is 6.54 Å². The van der Waals surface area contributed by atoms with E-state index in [0.717, 1.165) is 25.6 Å². The van der Waals surface area contributed by atoms with Crippen LogP contribution >= 0.6 is 24.0 Å². The van der Waals surface area contributed by atoms with Crippen LogP contribution in [0.15, 0.2) is 23.5 Å². The van der Waals surface area contributed by atoms with Crippen LogP contribution in [0.3, 0.4) is 0 Å². The van der Waals surface area contributed by atoms with Crippen LogP contribution in [0.25, 0.3) is 0 Å². The third kappa shape index (κ3) is 6.35. The molecule has 0 atom stereocenters. The number of hydrogen-bond donors (Lipinski definition) is 2. The van der Waals surface area contributed by atoms with Crippen molar-refractivity contribution in [2.24, 2.45) is 12.0 Å². The van der Waals surface area contributed by atoms with Gasteiger partial charge in [-0.2, -0.15) is 0 Å². The van der Waals surface area contributed by atoms with E-state index < -0.39 is 0 Å². The van der Waals surface area contributed by atoms with Gasteiger partial charge < -0.3 is 20.1 Å². The molecule has 6 nitrogen and oxygen atoms in total. The Balaban J connectivity index is 0.00000280. The van der Waals surface area contributed by atoms with Crippen LogP contribution in [0.4, 0.5) is 0 Å². The van der Waals surface area contributed by atoms with E-state index in [-0.39, 0.29) is 29.5 Å². The van der Waals surface area contributed by atoms with Crippen LogP contribution in [0, 0.1) is 0 Å². The number of piperidine rings is 2. The molecule has 0 spiro atoms. The van der Waals surface area contributed by atoms with Crippen LogP contribution < -0.4 is 10.6 Å². The Morgan fingerprint density at radius 1 is 1.07 bits per heavy atom. The molecule has 2 aliphatic rings. The average molecular weight is 502 g/mol. The maximum Gasteiger partial charge on any atom is 0.191 e. The largest absolute Gasteiger partial charge is 0.357 e. The minimum Gasteiger partial charge on any atom is -0.357 e. The van der Waals surface area contributed by atoms with Gasteiger partial charge >= 0.3 is 0 Å². The van der Waals surface area contributed by atoms with Crippen LogP contribution in [0.1, 0.15) is 44.6 Å². The Morgan fingerprint density at radius 3 is 2.39 bits per heavy atom. The summed E-state index contributed by atoms with van der Waals surface area (Å²) in [5.74, 6) is 0.941. The summed E-state index contributed by atoms with van der Waals surface area (Å²) in [6.07, 6.45) is 10.8. The van der Waals surface area contributed by atoms with E-state index in [9.17, 15) is 0 Å². The van der Waals surface area contributed by atoms with Crippen LogP contribution in [-0.2, 0) is 13.6 Å². The second-order valence-corrected chi connectivity index (χ2v) is 8.31. The summed E-state index contributed by atoms with van der Waals surface area (Å²) >= 11 is 0. The van der Waals surface area contributed by atoms with Gasteiger partial charge in [0.25, 0.3) is 0 Å². The summed E-state index contributed by atoms with van der Waals surface area (Å²) in [5, 5.41) is 7.12. The summed E-state index contributed by atoms with van der Waals surface area (Å²) in [7, 11) is 4.30. The molecule has 1 aromatic heterocycles. The number of halogens is 1. The van der Waals surface area contributed by atoms with Crippen molar-refractivity contribution in [2.75, 3.05) is 46.3 Å². The molecule has 1 aromatic rings. The summed E-state index contributed by atoms with van der Waals surface area (Å²) in [6.45, 7) is 9.62. The number of likely N-dealkylation sites (tertiary alicyclic amines) is 2. The van der Waals surface area contributed by atoms with Crippen molar-refractivity contribution in [3.8, 4) is 0 Å². The van der Waals surface area contributed by atoms with Crippen LogP contribution in [-0.4, -0.2) is 72.2 Å². The average Bonchev–Trinajstić information content (AvgIpc) is 3.11. The molecule has 160 valence electrons. The summed E-state index contributed by atoms with van der Waals surface area (Å²) in [5.41, 5.74) is 1.52. The topological polar surface area (TPSA) is 47.8 Å². The smallest absolute Gasteiger partial charge is 0.191 e. The lowest BCUT2D eigenvalue weighted by molar-refractivity contribution is 0.0173. The molecule has 0 aliphatic carbocycles. The predicted molar refractivity (Wildman–Crippen MR) is 129 cm³/mol. The van der Waals surface area contributed by atoms with Gasteiger partial charge in [-0.05, 0) is 77.5 Å². The fraction of sp³-hybridized carbons (Fsp3) is 0.762. The second kappa shape index (κ2) is 11.4. The van der Waals surface area contributed by atoms with Crippen molar-refractivity contribution in [3.05, 3.63) is 24.0 Å². The van der Waals surface area contributed by atoms with Gasteiger partial charge in [0.2, 0.25) is 0 Å². The molecule has 0 unspecified atom stereocenters. The molecule has 0 saturated carbocycles. The number of rotatable bonds is 6. The minimum atomic E-state index is 0. The Hall–Kier alpha value is -0.800. The van der Waals surface area contributed by atoms with Gasteiger partial charge in [-0.15, -0.1) is 24.0 Å². The van der Waals surface area contributed by atoms with Crippen molar-refractivity contribution >= 4 is 29.9 Å². The van der Waals surface area contributed by atoms with Crippen molar-refractivity contribution in [1.29, 1.82) is 0 Å². The first-order chi connectivity index (χ1) is 13.1. The number of hydrogen-bond acceptors (Lipinski definition) is 3. The summed E-state index contributed by atoms with van der Waals surface area (Å²) in [4.78, 5) is 10.1. The van der Waals surface area contributed by atoms with Gasteiger partial charge in [0.15, 0.2) is 5.96 Å². The zero-order valence-corrected chi connectivity index (χ0v) is 20.2. The molecule has 2 fully saturated rings. The van der Waals surface area contributed by atoms with E-state index in [1.54, 1.807) is 0 Å². The molecule has 0 radical (unpaired) electrons. The standard InChI is InChI=1S/C21H38N6.HI/c1-4-22-20(23-16-19-8-13-26(3)17-19)24-18-21(9-14-25(2)15-10-21)27-11-6-5-7-12-27;/h8,13,17H,4-7,9-12,14-16,18H2,1-3H3,(H2,22,23,24);1H. The lowest BCUT2D eigenvalue weighted by atomic mass is 9.84. The minimum absolute atomic E-state index is 0. The van der Waals surface area contributed by atoms with Crippen molar-refractivity contribution in [2.45, 2.75) is 51.1 Å². The Labute approximate surface area is 188 Å². The fourth-order valence-electron chi connectivity index (χ4n) is 4.42. The highest BCUT2D eigenvalue weighted by Gasteiger charge is 2.39. The van der Waals surface area contributed by atoms with Crippen LogP contribution in [0.2, 0.25) is 0 Å². The van der Waals surface area contributed by atoms with Gasteiger partial charge in [-0.3, -0.25) is 4.90 Å². The van der Waals surface area contributed by atoms with Crippen molar-refractivity contribution in [1.82, 2.24) is 25.0 Å². The molecule has 28 heavy (non-hydrogen) atoms. The SMILES string of the molecule is CCNC(=NCc1ccn(C)c1)NCC1(N2CCCCC2)CCN(C)CC1.I. The maximum absolute atomic E-state index is 4.82. The van der Waals surface area contributed by atoms with E-state index in [0.29, 0.717) is 0 Å². The maximum atomic E-state index is 4.82. The van der Waals surface area contributed by atoms with Crippen molar-refractivity contribution < 1.29 is 0 Å². The van der Waals surface area contributed by atoms with Gasteiger partial charge in [0.1, 0.15) is 0 Å². The Bertz CT molecular complexity index is 600. The highest BCUT2D eigenvalue weighted by atomic mass is 127. The summed E-state index contributed by atoms with van der Waals surface area (Å²) in [6, 6.07) is 2.14. The number of nitrogens with zero attached hydrogens (tertiary/aromatic N) is 4. The zero-order valence-electron chi connectivity index (χ0n) is 17.9. The second-order valence-electron chi connectivity index (χ2n) is 8.31. The number of nitrogens with one attached hydrogen (secondary N) is 2. The molecule has 7 heteroatoms. The predicted octanol–water partition coefficient (Wildman–Crippen LogP) is 2.65. The zero-order chi connectivity index (χ0) is 19.1. The lowest BCUT2D eigenvalue weighted by Crippen LogP contribution is -2.62. The highest BCUT2D eigenvalue weighted by molar-refractivity contribution is 14.0. The normalized spacial score (nSPS) is 21.2. The first-order valence-electron chi connectivity index (χ1n) is 10.7. The van der Waals surface area contributed by atoms with E-state index in [1.807, 2.05) is 0 Å². The Kier molecular flexibility index (Phi) is 9.56. The van der Waals surface area contributed by atoms with E-state index in [4.69, 9.17) is 4.99 Å². The number of aryl methyl sites for hydroxylation is 1. The first-order valence-corrected chi connectivity index (χ1v) is 10.7. The molecule has 0 aromatic carbocycles. The monoisotopic (exact) mass is 502 g/mol. The highest BCUT2D eigenvalue weighted by Crippen LogP contribution is 2.30. The number of guanidine groups is 1.